The maximum Gasteiger partial charge on any atom is 0.408 e. The van der Waals surface area contributed by atoms with Crippen LogP contribution >= 0.6 is 0 Å². The molecular formula is C27H43N3O6. The molecule has 1 aliphatic rings. The van der Waals surface area contributed by atoms with Crippen molar-refractivity contribution in [2.75, 3.05) is 19.8 Å². The number of alkyl carbamates (subject to hydrolysis) is 1. The van der Waals surface area contributed by atoms with Crippen LogP contribution < -0.4 is 10.6 Å². The van der Waals surface area contributed by atoms with E-state index in [1.165, 1.54) is 0 Å². The summed E-state index contributed by atoms with van der Waals surface area (Å²) in [5.74, 6) is -0.647. The number of ether oxygens (including phenoxy) is 3. The summed E-state index contributed by atoms with van der Waals surface area (Å²) in [6, 6.07) is 7.55. The lowest BCUT2D eigenvalue weighted by atomic mass is 10.0. The molecule has 1 unspecified atom stereocenters. The van der Waals surface area contributed by atoms with E-state index in [1.807, 2.05) is 71.9 Å². The molecule has 0 bridgehead atoms. The molecule has 36 heavy (non-hydrogen) atoms. The van der Waals surface area contributed by atoms with Gasteiger partial charge in [0.15, 0.2) is 6.29 Å². The van der Waals surface area contributed by atoms with E-state index in [0.717, 1.165) is 5.56 Å². The van der Waals surface area contributed by atoms with Crippen LogP contribution in [0.4, 0.5) is 4.79 Å². The molecule has 0 spiro atoms. The second kappa shape index (κ2) is 14.8. The van der Waals surface area contributed by atoms with Gasteiger partial charge in [-0.15, -0.1) is 0 Å². The molecule has 2 N–H and O–H groups in total. The van der Waals surface area contributed by atoms with Gasteiger partial charge in [-0.25, -0.2) is 4.79 Å². The van der Waals surface area contributed by atoms with Gasteiger partial charge < -0.3 is 29.7 Å². The molecule has 1 aromatic carbocycles. The van der Waals surface area contributed by atoms with E-state index in [0.29, 0.717) is 32.6 Å². The lowest BCUT2D eigenvalue weighted by molar-refractivity contribution is -0.166. The van der Waals surface area contributed by atoms with Crippen molar-refractivity contribution in [1.82, 2.24) is 15.5 Å². The molecule has 2 rings (SSSR count). The Kier molecular flexibility index (Phi) is 12.2. The molecule has 9 nitrogen and oxygen atoms in total. The van der Waals surface area contributed by atoms with Crippen LogP contribution in [0.1, 0.15) is 59.9 Å². The van der Waals surface area contributed by atoms with E-state index >= 15 is 0 Å². The van der Waals surface area contributed by atoms with Crippen LogP contribution in [0.2, 0.25) is 0 Å². The molecule has 0 aliphatic carbocycles. The summed E-state index contributed by atoms with van der Waals surface area (Å²) in [5, 5.41) is 5.77. The number of carbonyl (C=O) groups excluding carboxylic acids is 3. The smallest absolute Gasteiger partial charge is 0.408 e. The maximum absolute atomic E-state index is 13.5. The van der Waals surface area contributed by atoms with Crippen molar-refractivity contribution in [2.24, 2.45) is 11.8 Å². The van der Waals surface area contributed by atoms with Gasteiger partial charge in [0.25, 0.3) is 0 Å². The van der Waals surface area contributed by atoms with Crippen molar-refractivity contribution in [3.8, 4) is 0 Å². The summed E-state index contributed by atoms with van der Waals surface area (Å²) in [4.78, 5) is 40.9. The first-order valence-corrected chi connectivity index (χ1v) is 13.0. The van der Waals surface area contributed by atoms with Crippen molar-refractivity contribution in [1.29, 1.82) is 0 Å². The standard InChI is InChI=1S/C27H43N3O6/c1-7-34-26(35-8-2)23(19(5)6)28-24(31)21-15-12-16-30(21)25(32)22(18(3)4)29-27(33)36-17-20-13-10-9-11-14-20/h9-11,13-14,18-19,21-23,26H,7-8,12,15-17H2,1-6H3,(H,28,31)(H,29,33)/t21-,22-,23?/m0/s1. The molecule has 9 heteroatoms. The number of rotatable bonds is 13. The van der Waals surface area contributed by atoms with Crippen molar-refractivity contribution < 1.29 is 28.6 Å². The van der Waals surface area contributed by atoms with Gasteiger partial charge in [0.2, 0.25) is 11.8 Å². The van der Waals surface area contributed by atoms with Crippen LogP contribution in [0.3, 0.4) is 0 Å². The first kappa shape index (κ1) is 29.6. The summed E-state index contributed by atoms with van der Waals surface area (Å²) >= 11 is 0. The Bertz CT molecular complexity index is 826. The number of nitrogens with one attached hydrogen (secondary N) is 2. The molecule has 202 valence electrons. The van der Waals surface area contributed by atoms with Crippen LogP contribution in [-0.2, 0) is 30.4 Å². The largest absolute Gasteiger partial charge is 0.445 e. The fourth-order valence-corrected chi connectivity index (χ4v) is 4.28. The van der Waals surface area contributed by atoms with Gasteiger partial charge in [0.05, 0.1) is 6.04 Å². The highest BCUT2D eigenvalue weighted by atomic mass is 16.7. The lowest BCUT2D eigenvalue weighted by Gasteiger charge is -2.34. The van der Waals surface area contributed by atoms with E-state index in [1.54, 1.807) is 4.90 Å². The van der Waals surface area contributed by atoms with Gasteiger partial charge in [-0.2, -0.15) is 0 Å². The van der Waals surface area contributed by atoms with Crippen LogP contribution in [0.15, 0.2) is 30.3 Å². The van der Waals surface area contributed by atoms with Crippen LogP contribution in [0.5, 0.6) is 0 Å². The first-order valence-electron chi connectivity index (χ1n) is 13.0. The van der Waals surface area contributed by atoms with Gasteiger partial charge in [-0.3, -0.25) is 9.59 Å². The van der Waals surface area contributed by atoms with Crippen molar-refractivity contribution >= 4 is 17.9 Å². The molecule has 0 radical (unpaired) electrons. The van der Waals surface area contributed by atoms with Crippen LogP contribution in [-0.4, -0.2) is 67.0 Å². The normalized spacial score (nSPS) is 17.4. The number of nitrogens with zero attached hydrogens (tertiary/aromatic N) is 1. The maximum atomic E-state index is 13.5. The van der Waals surface area contributed by atoms with Crippen LogP contribution in [0.25, 0.3) is 0 Å². The molecule has 1 heterocycles. The lowest BCUT2D eigenvalue weighted by Crippen LogP contribution is -2.58. The highest BCUT2D eigenvalue weighted by molar-refractivity contribution is 5.92. The van der Waals surface area contributed by atoms with E-state index in [2.05, 4.69) is 10.6 Å². The third-order valence-electron chi connectivity index (χ3n) is 6.24. The quantitative estimate of drug-likeness (QED) is 0.398. The number of hydrogen-bond acceptors (Lipinski definition) is 6. The Morgan fingerprint density at radius 2 is 1.61 bits per heavy atom. The fourth-order valence-electron chi connectivity index (χ4n) is 4.28. The Hall–Kier alpha value is -2.65. The third-order valence-corrected chi connectivity index (χ3v) is 6.24. The van der Waals surface area contributed by atoms with E-state index < -0.39 is 24.5 Å². The van der Waals surface area contributed by atoms with Gasteiger partial charge in [0, 0.05) is 19.8 Å². The SMILES string of the molecule is CCOC(OCC)C(NC(=O)[C@@H]1CCCN1C(=O)[C@@H](NC(=O)OCc1ccccc1)C(C)C)C(C)C. The molecule has 1 saturated heterocycles. The molecule has 3 atom stereocenters. The minimum atomic E-state index is -0.804. The highest BCUT2D eigenvalue weighted by Gasteiger charge is 2.40. The number of hydrogen-bond donors (Lipinski definition) is 2. The average Bonchev–Trinajstić information content (AvgIpc) is 3.34. The van der Waals surface area contributed by atoms with E-state index in [4.69, 9.17) is 14.2 Å². The third kappa shape index (κ3) is 8.48. The van der Waals surface area contributed by atoms with Gasteiger partial charge in [-0.1, -0.05) is 58.0 Å². The number of benzene rings is 1. The predicted molar refractivity (Wildman–Crippen MR) is 137 cm³/mol. The summed E-state index contributed by atoms with van der Waals surface area (Å²) < 4.78 is 16.8. The topological polar surface area (TPSA) is 106 Å². The average molecular weight is 506 g/mol. The second-order valence-electron chi connectivity index (χ2n) is 9.67. The Labute approximate surface area is 215 Å². The number of carbonyl (C=O) groups is 3. The predicted octanol–water partition coefficient (Wildman–Crippen LogP) is 3.47. The summed E-state index contributed by atoms with van der Waals surface area (Å²) in [7, 11) is 0. The van der Waals surface area contributed by atoms with E-state index in [-0.39, 0.29) is 36.3 Å². The fraction of sp³-hybridized carbons (Fsp3) is 0.667. The molecule has 1 aromatic rings. The van der Waals surface area contributed by atoms with Crippen molar-refractivity contribution in [3.05, 3.63) is 35.9 Å². The molecule has 0 saturated carbocycles. The molecular weight excluding hydrogens is 462 g/mol. The number of amides is 3. The van der Waals surface area contributed by atoms with Gasteiger partial charge in [0.1, 0.15) is 18.7 Å². The van der Waals surface area contributed by atoms with E-state index in [9.17, 15) is 14.4 Å². The second-order valence-corrected chi connectivity index (χ2v) is 9.67. The van der Waals surface area contributed by atoms with Gasteiger partial charge >= 0.3 is 6.09 Å². The summed E-state index contributed by atoms with van der Waals surface area (Å²) in [6.07, 6.45) is 0.0283. The highest BCUT2D eigenvalue weighted by Crippen LogP contribution is 2.22. The zero-order chi connectivity index (χ0) is 26.7. The molecule has 0 aromatic heterocycles. The summed E-state index contributed by atoms with van der Waals surface area (Å²) in [6.45, 7) is 12.9. The zero-order valence-corrected chi connectivity index (χ0v) is 22.5. The summed E-state index contributed by atoms with van der Waals surface area (Å²) in [5.41, 5.74) is 0.855. The Morgan fingerprint density at radius 3 is 2.17 bits per heavy atom. The molecule has 1 fully saturated rings. The number of likely N-dealkylation sites (tertiary alicyclic amines) is 1. The Morgan fingerprint density at radius 1 is 0.972 bits per heavy atom. The first-order chi connectivity index (χ1) is 17.2. The molecule has 1 aliphatic heterocycles. The van der Waals surface area contributed by atoms with Gasteiger partial charge in [-0.05, 0) is 44.1 Å². The minimum absolute atomic E-state index is 0.0621. The van der Waals surface area contributed by atoms with Crippen LogP contribution in [0, 0.1) is 11.8 Å². The molecule has 3 amide bonds. The Balaban J connectivity index is 2.06. The zero-order valence-electron chi connectivity index (χ0n) is 22.5. The monoisotopic (exact) mass is 505 g/mol. The van der Waals surface area contributed by atoms with Crippen molar-refractivity contribution in [3.63, 3.8) is 0 Å². The minimum Gasteiger partial charge on any atom is -0.445 e. The van der Waals surface area contributed by atoms with Crippen molar-refractivity contribution in [2.45, 2.75) is 85.4 Å².